The molecule has 0 unspecified atom stereocenters. The van der Waals surface area contributed by atoms with Gasteiger partial charge in [0.15, 0.2) is 0 Å². The lowest BCUT2D eigenvalue weighted by atomic mass is 10.0. The fraction of sp³-hybridized carbons (Fsp3) is 0.0435. The number of aromatic nitrogens is 4. The maximum atomic E-state index is 14.4. The molecule has 0 fully saturated rings. The van der Waals surface area contributed by atoms with E-state index in [2.05, 4.69) is 30.0 Å². The van der Waals surface area contributed by atoms with Crippen molar-refractivity contribution in [3.05, 3.63) is 88.2 Å². The van der Waals surface area contributed by atoms with Gasteiger partial charge >= 0.3 is 0 Å². The number of nitrogens with zero attached hydrogens (tertiary/aromatic N) is 5. The van der Waals surface area contributed by atoms with E-state index in [4.69, 9.17) is 28.6 Å². The molecule has 4 rings (SSSR count). The molecule has 0 aliphatic carbocycles. The Morgan fingerprint density at radius 3 is 2.69 bits per heavy atom. The largest absolute Gasteiger partial charge is 0.398 e. The van der Waals surface area contributed by atoms with Crippen molar-refractivity contribution in [3.8, 4) is 0 Å². The second-order valence-electron chi connectivity index (χ2n) is 7.24. The molecule has 0 atom stereocenters. The van der Waals surface area contributed by atoms with E-state index in [1.54, 1.807) is 36.9 Å². The lowest BCUT2D eigenvalue weighted by Crippen LogP contribution is -2.08. The molecule has 0 saturated heterocycles. The predicted octanol–water partition coefficient (Wildman–Crippen LogP) is 3.69. The first kappa shape index (κ1) is 23.6. The van der Waals surface area contributed by atoms with Crippen LogP contribution in [0, 0.1) is 17.0 Å². The van der Waals surface area contributed by atoms with Crippen molar-refractivity contribution in [3.63, 3.8) is 0 Å². The summed E-state index contributed by atoms with van der Waals surface area (Å²) < 4.78 is 27.9. The summed E-state index contributed by atoms with van der Waals surface area (Å²) >= 11 is 5.79. The first-order valence-electron chi connectivity index (χ1n) is 10.1. The smallest absolute Gasteiger partial charge is 0.144 e. The van der Waals surface area contributed by atoms with Crippen LogP contribution >= 0.6 is 11.6 Å². The average molecular weight is 494 g/mol. The number of hydrazone groups is 1. The van der Waals surface area contributed by atoms with E-state index < -0.39 is 11.6 Å². The zero-order valence-corrected chi connectivity index (χ0v) is 18.8. The summed E-state index contributed by atoms with van der Waals surface area (Å²) in [4.78, 5) is 20.1. The Hall–Kier alpha value is -4.51. The summed E-state index contributed by atoms with van der Waals surface area (Å²) in [5.74, 6) is 3.73. The summed E-state index contributed by atoms with van der Waals surface area (Å²) in [6.07, 6.45) is 7.24. The fourth-order valence-electron chi connectivity index (χ4n) is 3.24. The van der Waals surface area contributed by atoms with E-state index in [9.17, 15) is 8.78 Å². The van der Waals surface area contributed by atoms with Crippen LogP contribution in [0.5, 0.6) is 0 Å². The normalized spacial score (nSPS) is 12.8. The minimum Gasteiger partial charge on any atom is -0.398 e. The van der Waals surface area contributed by atoms with Gasteiger partial charge in [0.1, 0.15) is 17.3 Å². The quantitative estimate of drug-likeness (QED) is 0.134. The zero-order chi connectivity index (χ0) is 24.9. The molecule has 4 aromatic rings. The Bertz CT molecular complexity index is 1490. The van der Waals surface area contributed by atoms with E-state index in [0.717, 1.165) is 18.0 Å². The van der Waals surface area contributed by atoms with Crippen molar-refractivity contribution in [2.24, 2.45) is 21.7 Å². The van der Waals surface area contributed by atoms with Gasteiger partial charge in [-0.3, -0.25) is 9.98 Å². The highest BCUT2D eigenvalue weighted by molar-refractivity contribution is 6.38. The molecule has 0 bridgehead atoms. The Kier molecular flexibility index (Phi) is 6.88. The van der Waals surface area contributed by atoms with E-state index in [1.165, 1.54) is 6.21 Å². The predicted molar refractivity (Wildman–Crippen MR) is 132 cm³/mol. The number of imidazole rings is 1. The highest BCUT2D eigenvalue weighted by atomic mass is 35.5. The van der Waals surface area contributed by atoms with E-state index >= 15 is 0 Å². The van der Waals surface area contributed by atoms with Crippen LogP contribution in [0.15, 0.2) is 59.1 Å². The molecule has 1 aromatic carbocycles. The summed E-state index contributed by atoms with van der Waals surface area (Å²) in [5.41, 5.74) is 9.03. The maximum absolute atomic E-state index is 14.4. The van der Waals surface area contributed by atoms with Crippen molar-refractivity contribution in [2.75, 3.05) is 0 Å². The number of hydrogen-bond acceptors (Lipinski definition) is 8. The van der Waals surface area contributed by atoms with Gasteiger partial charge in [-0.1, -0.05) is 11.6 Å². The molecule has 9 nitrogen and oxygen atoms in total. The van der Waals surface area contributed by atoms with Gasteiger partial charge in [-0.05, 0) is 24.3 Å². The van der Waals surface area contributed by atoms with Crippen molar-refractivity contribution in [2.45, 2.75) is 6.54 Å². The van der Waals surface area contributed by atoms with Crippen LogP contribution in [0.3, 0.4) is 0 Å². The van der Waals surface area contributed by atoms with Gasteiger partial charge < -0.3 is 22.0 Å². The second-order valence-corrected chi connectivity index (χ2v) is 7.64. The van der Waals surface area contributed by atoms with Crippen molar-refractivity contribution < 1.29 is 8.78 Å². The number of nitrogens with two attached hydrogens (primary N) is 2. The van der Waals surface area contributed by atoms with Crippen LogP contribution in [-0.2, 0) is 6.54 Å². The third kappa shape index (κ3) is 5.04. The van der Waals surface area contributed by atoms with Crippen LogP contribution in [0.1, 0.15) is 22.5 Å². The molecular formula is C23H18ClF2N9. The first-order chi connectivity index (χ1) is 16.9. The van der Waals surface area contributed by atoms with Gasteiger partial charge in [-0.25, -0.2) is 18.7 Å². The molecule has 176 valence electrons. The Labute approximate surface area is 202 Å². The third-order valence-corrected chi connectivity index (χ3v) is 5.30. The highest BCUT2D eigenvalue weighted by Crippen LogP contribution is 2.27. The molecule has 0 radical (unpaired) electrons. The Morgan fingerprint density at radius 1 is 1.14 bits per heavy atom. The number of H-pyrrole nitrogens is 1. The summed E-state index contributed by atoms with van der Waals surface area (Å²) in [6.45, 7) is 0.360. The minimum atomic E-state index is -0.912. The van der Waals surface area contributed by atoms with Gasteiger partial charge in [0.2, 0.25) is 0 Å². The first-order valence-corrected chi connectivity index (χ1v) is 10.5. The molecule has 0 aliphatic rings. The average Bonchev–Trinajstić information content (AvgIpc) is 3.37. The maximum Gasteiger partial charge on any atom is 0.144 e. The number of rotatable bonds is 7. The van der Waals surface area contributed by atoms with Gasteiger partial charge in [-0.2, -0.15) is 5.10 Å². The molecular weight excluding hydrogens is 476 g/mol. The van der Waals surface area contributed by atoms with Gasteiger partial charge in [0, 0.05) is 47.6 Å². The number of nitrogens with one attached hydrogen (secondary N) is 2. The SMILES string of the molecule is N=C/C(=C(\N)c1cc(Cl)c(F)cc1F)c1ccc2ncc(/C(C=NCc3cnc[nH]3)=N/N)cc2n1. The van der Waals surface area contributed by atoms with Gasteiger partial charge in [-0.15, -0.1) is 0 Å². The molecule has 3 aromatic heterocycles. The van der Waals surface area contributed by atoms with Crippen LogP contribution in [-0.4, -0.2) is 38.1 Å². The second kappa shape index (κ2) is 10.2. The number of pyridine rings is 2. The number of aliphatic imine (C=N–C) groups is 1. The van der Waals surface area contributed by atoms with Gasteiger partial charge in [0.25, 0.3) is 0 Å². The minimum absolute atomic E-state index is 0.118. The topological polar surface area (TPSA) is 155 Å². The molecule has 0 saturated carbocycles. The highest BCUT2D eigenvalue weighted by Gasteiger charge is 2.16. The van der Waals surface area contributed by atoms with E-state index in [1.807, 2.05) is 0 Å². The molecule has 35 heavy (non-hydrogen) atoms. The number of aromatic amines is 1. The Balaban J connectivity index is 1.71. The van der Waals surface area contributed by atoms with E-state index in [-0.39, 0.29) is 27.6 Å². The standard InChI is InChI=1S/C23H18ClF2N9/c24-16-4-14(17(25)5-18(16)26)23(28)15(6-27)19-1-2-20-21(34-19)3-12(7-32-20)22(35-29)10-30-8-13-9-31-11-33-13/h1-7,9-11,27H,8,28-29H2,(H,31,33)/b23-15+,27-6?,30-10?,35-22+. The van der Waals surface area contributed by atoms with Gasteiger partial charge in [0.05, 0.1) is 46.0 Å². The number of benzene rings is 1. The number of fused-ring (bicyclic) bond motifs is 1. The zero-order valence-electron chi connectivity index (χ0n) is 18.0. The monoisotopic (exact) mass is 493 g/mol. The van der Waals surface area contributed by atoms with Crippen LogP contribution < -0.4 is 11.6 Å². The summed E-state index contributed by atoms with van der Waals surface area (Å²) in [5, 5.41) is 11.3. The fourth-order valence-corrected chi connectivity index (χ4v) is 3.41. The summed E-state index contributed by atoms with van der Waals surface area (Å²) in [7, 11) is 0. The summed E-state index contributed by atoms with van der Waals surface area (Å²) in [6, 6.07) is 6.68. The number of hydrogen-bond donors (Lipinski definition) is 4. The van der Waals surface area contributed by atoms with Crippen LogP contribution in [0.2, 0.25) is 5.02 Å². The molecule has 3 heterocycles. The lowest BCUT2D eigenvalue weighted by molar-refractivity contribution is 0.581. The van der Waals surface area contributed by atoms with Crippen molar-refractivity contribution in [1.29, 1.82) is 5.41 Å². The van der Waals surface area contributed by atoms with Crippen LogP contribution in [0.4, 0.5) is 8.78 Å². The molecule has 0 amide bonds. The van der Waals surface area contributed by atoms with Crippen molar-refractivity contribution >= 4 is 52.0 Å². The molecule has 0 aliphatic heterocycles. The lowest BCUT2D eigenvalue weighted by Gasteiger charge is -2.11. The molecule has 0 spiro atoms. The molecule has 6 N–H and O–H groups in total. The number of halogens is 3. The van der Waals surface area contributed by atoms with Crippen molar-refractivity contribution in [1.82, 2.24) is 19.9 Å². The van der Waals surface area contributed by atoms with Crippen LogP contribution in [0.25, 0.3) is 22.3 Å². The third-order valence-electron chi connectivity index (χ3n) is 5.01. The van der Waals surface area contributed by atoms with E-state index in [0.29, 0.717) is 34.9 Å². The Morgan fingerprint density at radius 2 is 1.97 bits per heavy atom. The number of allylic oxidation sites excluding steroid dienone is 1. The molecule has 12 heteroatoms.